The van der Waals surface area contributed by atoms with Gasteiger partial charge in [0.15, 0.2) is 0 Å². The Morgan fingerprint density at radius 1 is 0.891 bits per heavy atom. The molecule has 6 atom stereocenters. The van der Waals surface area contributed by atoms with E-state index in [1.54, 1.807) is 6.08 Å². The zero-order chi connectivity index (χ0) is 44.7. The van der Waals surface area contributed by atoms with Crippen molar-refractivity contribution < 1.29 is 43.9 Å². The van der Waals surface area contributed by atoms with Crippen LogP contribution in [0.3, 0.4) is 0 Å². The summed E-state index contributed by atoms with van der Waals surface area (Å²) in [6, 6.07) is 23.8. The van der Waals surface area contributed by atoms with Crippen LogP contribution in [-0.4, -0.2) is 96.5 Å². The maximum absolute atomic E-state index is 14.9. The van der Waals surface area contributed by atoms with E-state index in [0.29, 0.717) is 55.5 Å². The molecule has 1 heterocycles. The zero-order valence-electron chi connectivity index (χ0n) is 37.8. The lowest BCUT2D eigenvalue weighted by molar-refractivity contribution is -0.258. The summed E-state index contributed by atoms with van der Waals surface area (Å²) in [5.41, 5.74) is 4.99. The van der Waals surface area contributed by atoms with Gasteiger partial charge in [-0.1, -0.05) is 98.3 Å². The van der Waals surface area contributed by atoms with E-state index in [2.05, 4.69) is 43.0 Å². The number of benzene rings is 3. The van der Waals surface area contributed by atoms with Crippen LogP contribution in [0.5, 0.6) is 17.2 Å². The summed E-state index contributed by atoms with van der Waals surface area (Å²) in [5, 5.41) is 34.4. The average molecular weight is 879 g/mol. The summed E-state index contributed by atoms with van der Waals surface area (Å²) in [7, 11) is 0. The fraction of sp³-hybridized carbons (Fsp3) is 0.547. The van der Waals surface area contributed by atoms with Crippen LogP contribution in [0, 0.1) is 23.7 Å². The topological polar surface area (TPSA) is 140 Å². The van der Waals surface area contributed by atoms with Gasteiger partial charge in [-0.25, -0.2) is 0 Å². The molecule has 3 aromatic rings. The molecule has 3 N–H and O–H groups in total. The SMILES string of the molecule is C=CCO[C@@]12Oc3ccc(Oc4ccc(-c5ccccc5)cc4)cc3[C@H]3[C@H](CCCCO)[C@@H](CCCCO)C=C(C(=NOCC)C[C@@H]1N(CCOCCO)C(=O)CCC1CCCC1)[C@H]32. The van der Waals surface area contributed by atoms with Gasteiger partial charge in [-0.05, 0) is 104 Å². The number of carbonyl (C=O) groups excluding carboxylic acids is 1. The second kappa shape index (κ2) is 23.6. The van der Waals surface area contributed by atoms with Crippen molar-refractivity contribution in [3.8, 4) is 28.4 Å². The summed E-state index contributed by atoms with van der Waals surface area (Å²) in [5.74, 6) is 0.842. The number of oxime groups is 1. The van der Waals surface area contributed by atoms with Crippen molar-refractivity contribution in [3.05, 3.63) is 103 Å². The molecule has 3 aromatic carbocycles. The van der Waals surface area contributed by atoms with Crippen LogP contribution < -0.4 is 9.47 Å². The van der Waals surface area contributed by atoms with Gasteiger partial charge >= 0.3 is 0 Å². The highest BCUT2D eigenvalue weighted by Crippen LogP contribution is 2.62. The quantitative estimate of drug-likeness (QED) is 0.0432. The van der Waals surface area contributed by atoms with Crippen molar-refractivity contribution in [2.75, 3.05) is 52.8 Å². The number of hydrogen-bond acceptors (Lipinski definition) is 10. The Morgan fingerprint density at radius 3 is 2.34 bits per heavy atom. The number of nitrogens with zero attached hydrogens (tertiary/aromatic N) is 2. The van der Waals surface area contributed by atoms with E-state index >= 15 is 0 Å². The maximum atomic E-state index is 14.9. The second-order valence-corrected chi connectivity index (χ2v) is 17.8. The molecule has 1 amide bonds. The molecule has 3 aliphatic carbocycles. The molecule has 0 aromatic heterocycles. The van der Waals surface area contributed by atoms with Crippen molar-refractivity contribution in [1.29, 1.82) is 0 Å². The van der Waals surface area contributed by atoms with Gasteiger partial charge in [-0.2, -0.15) is 0 Å². The number of unbranched alkanes of at least 4 members (excludes halogenated alkanes) is 2. The first-order valence-corrected chi connectivity index (χ1v) is 24.0. The first kappa shape index (κ1) is 47.4. The average Bonchev–Trinajstić information content (AvgIpc) is 3.85. The van der Waals surface area contributed by atoms with Crippen LogP contribution in [0.1, 0.15) is 102 Å². The van der Waals surface area contributed by atoms with Crippen LogP contribution in [-0.2, 0) is 19.1 Å². The van der Waals surface area contributed by atoms with E-state index in [-0.39, 0.29) is 69.8 Å². The molecule has 1 aliphatic heterocycles. The van der Waals surface area contributed by atoms with E-state index < -0.39 is 17.7 Å². The Labute approximate surface area is 380 Å². The van der Waals surface area contributed by atoms with Crippen molar-refractivity contribution in [2.45, 2.75) is 108 Å². The predicted octanol–water partition coefficient (Wildman–Crippen LogP) is 9.61. The molecule has 11 heteroatoms. The Kier molecular flexibility index (Phi) is 17.5. The van der Waals surface area contributed by atoms with Gasteiger partial charge in [0.2, 0.25) is 11.7 Å². The molecule has 2 fully saturated rings. The van der Waals surface area contributed by atoms with Gasteiger partial charge in [0, 0.05) is 44.1 Å². The number of aliphatic hydroxyl groups excluding tert-OH is 3. The number of amides is 1. The molecule has 2 saturated carbocycles. The van der Waals surface area contributed by atoms with Crippen LogP contribution in [0.2, 0.25) is 0 Å². The van der Waals surface area contributed by atoms with Gasteiger partial charge in [0.05, 0.1) is 38.1 Å². The lowest BCUT2D eigenvalue weighted by atomic mass is 9.55. The summed E-state index contributed by atoms with van der Waals surface area (Å²) < 4.78 is 27.1. The van der Waals surface area contributed by atoms with Crippen molar-refractivity contribution in [3.63, 3.8) is 0 Å². The minimum Gasteiger partial charge on any atom is -0.459 e. The molecule has 7 rings (SSSR count). The normalized spacial score (nSPS) is 24.3. The summed E-state index contributed by atoms with van der Waals surface area (Å²) in [6.07, 6.45) is 15.1. The summed E-state index contributed by atoms with van der Waals surface area (Å²) >= 11 is 0. The highest BCUT2D eigenvalue weighted by molar-refractivity contribution is 6.03. The third-order valence-electron chi connectivity index (χ3n) is 13.8. The zero-order valence-corrected chi connectivity index (χ0v) is 37.8. The summed E-state index contributed by atoms with van der Waals surface area (Å²) in [4.78, 5) is 22.7. The summed E-state index contributed by atoms with van der Waals surface area (Å²) in [6.45, 7) is 7.34. The molecule has 0 unspecified atom stereocenters. The van der Waals surface area contributed by atoms with Gasteiger partial charge in [-0.15, -0.1) is 6.58 Å². The Balaban J connectivity index is 1.37. The number of hydrogen-bond donors (Lipinski definition) is 3. The van der Waals surface area contributed by atoms with Gasteiger partial charge in [0.1, 0.15) is 29.9 Å². The Hall–Kier alpha value is -4.52. The lowest BCUT2D eigenvalue weighted by Gasteiger charge is -2.60. The van der Waals surface area contributed by atoms with Crippen LogP contribution in [0.25, 0.3) is 11.1 Å². The second-order valence-electron chi connectivity index (χ2n) is 17.8. The Bertz CT molecular complexity index is 2000. The molecule has 11 nitrogen and oxygen atoms in total. The number of aliphatic hydroxyl groups is 3. The smallest absolute Gasteiger partial charge is 0.239 e. The number of ether oxygens (including phenoxy) is 4. The molecular weight excluding hydrogens is 809 g/mol. The lowest BCUT2D eigenvalue weighted by Crippen LogP contribution is -2.70. The van der Waals surface area contributed by atoms with Crippen molar-refractivity contribution in [1.82, 2.24) is 4.90 Å². The van der Waals surface area contributed by atoms with Crippen molar-refractivity contribution >= 4 is 11.6 Å². The molecule has 0 bridgehead atoms. The first-order valence-electron chi connectivity index (χ1n) is 24.0. The predicted molar refractivity (Wildman–Crippen MR) is 249 cm³/mol. The van der Waals surface area contributed by atoms with E-state index in [9.17, 15) is 20.1 Å². The minimum absolute atomic E-state index is 0.0134. The van der Waals surface area contributed by atoms with E-state index in [0.717, 1.165) is 72.9 Å². The monoisotopic (exact) mass is 879 g/mol. The highest BCUT2D eigenvalue weighted by Gasteiger charge is 2.65. The number of rotatable bonds is 25. The third-order valence-corrected chi connectivity index (χ3v) is 13.8. The molecule has 64 heavy (non-hydrogen) atoms. The maximum Gasteiger partial charge on any atom is 0.239 e. The molecule has 346 valence electrons. The first-order chi connectivity index (χ1) is 31.4. The van der Waals surface area contributed by atoms with Crippen LogP contribution >= 0.6 is 0 Å². The molecular formula is C53H70N2O9. The standard InChI is InChI=1S/C53H70N2O9/c1-3-32-61-53-49(55(28-33-60-34-31-58)50(59)27-20-38-14-8-9-15-38)37-47(54-62-4-2)45-35-41(18-10-12-29-56)44(19-11-13-30-57)51(52(45)53)46-36-43(25-26-48(46)64-53)63-42-23-21-40(22-24-42)39-16-6-5-7-17-39/h3,5-7,16-17,21-26,35-36,38,41,44,49,51-52,56-58H,1,4,8-15,18-20,27-34,37H2,2H3/t41-,44+,49-,51+,52+,53+/m0/s1. The number of carbonyl (C=O) groups is 1. The minimum atomic E-state index is -1.36. The highest BCUT2D eigenvalue weighted by atomic mass is 16.7. The fourth-order valence-corrected chi connectivity index (χ4v) is 10.9. The van der Waals surface area contributed by atoms with Crippen molar-refractivity contribution in [2.24, 2.45) is 28.8 Å². The molecule has 0 radical (unpaired) electrons. The largest absolute Gasteiger partial charge is 0.459 e. The fourth-order valence-electron chi connectivity index (χ4n) is 10.9. The van der Waals surface area contributed by atoms with E-state index in [1.807, 2.05) is 54.3 Å². The van der Waals surface area contributed by atoms with Gasteiger partial charge in [-0.3, -0.25) is 4.79 Å². The third kappa shape index (κ3) is 11.1. The van der Waals surface area contributed by atoms with E-state index in [1.165, 1.54) is 12.8 Å². The van der Waals surface area contributed by atoms with E-state index in [4.69, 9.17) is 28.9 Å². The Morgan fingerprint density at radius 2 is 1.62 bits per heavy atom. The van der Waals surface area contributed by atoms with Crippen LogP contribution in [0.15, 0.2) is 102 Å². The molecule has 0 saturated heterocycles. The number of allylic oxidation sites excluding steroid dienone is 1. The van der Waals surface area contributed by atoms with Gasteiger partial charge in [0.25, 0.3) is 0 Å². The molecule has 4 aliphatic rings. The van der Waals surface area contributed by atoms with Crippen LogP contribution in [0.4, 0.5) is 0 Å². The van der Waals surface area contributed by atoms with Gasteiger partial charge < -0.3 is 44.0 Å². The number of fused-ring (bicyclic) bond motifs is 2. The molecule has 0 spiro atoms.